The molecule has 7 heteroatoms. The first-order valence-electron chi connectivity index (χ1n) is 9.21. The van der Waals surface area contributed by atoms with Crippen molar-refractivity contribution in [1.82, 2.24) is 0 Å². The minimum absolute atomic E-state index is 0.0113. The molecule has 2 aromatic rings. The van der Waals surface area contributed by atoms with Crippen LogP contribution in [0.4, 0.5) is 13.2 Å². The van der Waals surface area contributed by atoms with E-state index in [1.807, 2.05) is 0 Å². The van der Waals surface area contributed by atoms with E-state index in [0.717, 1.165) is 6.08 Å². The summed E-state index contributed by atoms with van der Waals surface area (Å²) in [6.45, 7) is 7.04. The first kappa shape index (κ1) is 22.0. The van der Waals surface area contributed by atoms with Crippen LogP contribution >= 0.6 is 11.6 Å². The van der Waals surface area contributed by atoms with Crippen molar-refractivity contribution >= 4 is 17.6 Å². The second-order valence-corrected chi connectivity index (χ2v) is 8.14. The second-order valence-electron chi connectivity index (χ2n) is 7.65. The van der Waals surface area contributed by atoms with Crippen molar-refractivity contribution in [2.24, 2.45) is 17.3 Å². The number of para-hydroxylation sites is 1. The van der Waals surface area contributed by atoms with Crippen LogP contribution in [0.5, 0.6) is 11.5 Å². The fourth-order valence-electron chi connectivity index (χ4n) is 3.45. The van der Waals surface area contributed by atoms with Gasteiger partial charge in [-0.25, -0.2) is 4.39 Å². The van der Waals surface area contributed by atoms with Gasteiger partial charge in [0.25, 0.3) is 6.08 Å². The molecule has 3 nitrogen and oxygen atoms in total. The van der Waals surface area contributed by atoms with Crippen molar-refractivity contribution in [3.8, 4) is 11.5 Å². The van der Waals surface area contributed by atoms with Gasteiger partial charge in [0.15, 0.2) is 17.7 Å². The van der Waals surface area contributed by atoms with Gasteiger partial charge in [0, 0.05) is 11.5 Å². The van der Waals surface area contributed by atoms with Gasteiger partial charge < -0.3 is 9.47 Å². The summed E-state index contributed by atoms with van der Waals surface area (Å²) in [5, 5.41) is -0.0113. The topological polar surface area (TPSA) is 35.5 Å². The molecule has 1 fully saturated rings. The van der Waals surface area contributed by atoms with Gasteiger partial charge in [-0.3, -0.25) is 4.79 Å². The number of carbonyl (C=O) groups excluding carboxylic acids is 1. The highest BCUT2D eigenvalue weighted by molar-refractivity contribution is 6.29. The van der Waals surface area contributed by atoms with Crippen LogP contribution in [-0.4, -0.2) is 5.97 Å². The molecule has 0 heterocycles. The molecular formula is C23H20ClF3O3. The number of ether oxygens (including phenoxy) is 2. The number of benzene rings is 2. The molecule has 2 aromatic carbocycles. The van der Waals surface area contributed by atoms with Crippen LogP contribution in [0.25, 0.3) is 0 Å². The second kappa shape index (κ2) is 8.56. The van der Waals surface area contributed by atoms with Crippen molar-refractivity contribution in [1.29, 1.82) is 0 Å². The largest absolute Gasteiger partial charge is 0.454 e. The molecule has 0 radical (unpaired) electrons. The lowest BCUT2D eigenvalue weighted by molar-refractivity contribution is -0.150. The van der Waals surface area contributed by atoms with Crippen LogP contribution in [0.1, 0.15) is 25.5 Å². The molecule has 0 saturated heterocycles. The third-order valence-corrected chi connectivity index (χ3v) is 5.42. The van der Waals surface area contributed by atoms with Crippen LogP contribution in [0.2, 0.25) is 0 Å². The lowest BCUT2D eigenvalue weighted by Gasteiger charge is -2.19. The van der Waals surface area contributed by atoms with Gasteiger partial charge in [-0.15, -0.1) is 0 Å². The first-order chi connectivity index (χ1) is 14.1. The predicted molar refractivity (Wildman–Crippen MR) is 108 cm³/mol. The van der Waals surface area contributed by atoms with E-state index in [1.165, 1.54) is 18.2 Å². The highest BCUT2D eigenvalue weighted by atomic mass is 35.5. The van der Waals surface area contributed by atoms with Gasteiger partial charge in [0.1, 0.15) is 5.75 Å². The third kappa shape index (κ3) is 4.70. The van der Waals surface area contributed by atoms with Gasteiger partial charge in [0.2, 0.25) is 0 Å². The SMILES string of the molecule is C=C(Cl)C(OC(=O)C1C(C=C(F)F)C1(C)C)c1ccc(F)c(Oc2ccccc2)c1. The Balaban J connectivity index is 1.82. The van der Waals surface area contributed by atoms with E-state index < -0.39 is 41.2 Å². The van der Waals surface area contributed by atoms with Crippen LogP contribution in [-0.2, 0) is 9.53 Å². The maximum absolute atomic E-state index is 14.2. The Bertz CT molecular complexity index is 984. The molecule has 3 rings (SSSR count). The minimum Gasteiger partial charge on any atom is -0.454 e. The number of carbonyl (C=O) groups is 1. The van der Waals surface area contributed by atoms with E-state index >= 15 is 0 Å². The Hall–Kier alpha value is -2.73. The lowest BCUT2D eigenvalue weighted by Crippen LogP contribution is -2.16. The van der Waals surface area contributed by atoms with E-state index in [2.05, 4.69) is 6.58 Å². The Labute approximate surface area is 177 Å². The smallest absolute Gasteiger partial charge is 0.311 e. The summed E-state index contributed by atoms with van der Waals surface area (Å²) >= 11 is 6.05. The summed E-state index contributed by atoms with van der Waals surface area (Å²) < 4.78 is 50.6. The standard InChI is InChI=1S/C23H20ClF3O3/c1-13(24)21(30-22(28)20-16(12-19(26)27)23(20,2)3)14-9-10-17(25)18(11-14)29-15-7-5-4-6-8-15/h4-12,16,20-21H,1H2,2-3H3. The van der Waals surface area contributed by atoms with Gasteiger partial charge in [-0.05, 0) is 35.8 Å². The zero-order valence-corrected chi connectivity index (χ0v) is 17.1. The maximum Gasteiger partial charge on any atom is 0.311 e. The average molecular weight is 437 g/mol. The number of halogens is 4. The van der Waals surface area contributed by atoms with Crippen molar-refractivity contribution in [2.75, 3.05) is 0 Å². The van der Waals surface area contributed by atoms with E-state index in [0.29, 0.717) is 11.3 Å². The van der Waals surface area contributed by atoms with Gasteiger partial charge >= 0.3 is 5.97 Å². The minimum atomic E-state index is -1.84. The fourth-order valence-corrected chi connectivity index (χ4v) is 3.62. The predicted octanol–water partition coefficient (Wildman–Crippen LogP) is 7.01. The highest BCUT2D eigenvalue weighted by Crippen LogP contribution is 2.60. The average Bonchev–Trinajstić information content (AvgIpc) is 3.21. The van der Waals surface area contributed by atoms with Crippen molar-refractivity contribution < 1.29 is 27.4 Å². The molecule has 0 aromatic heterocycles. The number of rotatable bonds is 7. The highest BCUT2D eigenvalue weighted by Gasteiger charge is 2.62. The lowest BCUT2D eigenvalue weighted by atomic mass is 10.1. The quantitative estimate of drug-likeness (QED) is 0.438. The summed E-state index contributed by atoms with van der Waals surface area (Å²) in [6, 6.07) is 12.5. The molecule has 0 aliphatic heterocycles. The molecule has 1 aliphatic rings. The van der Waals surface area contributed by atoms with Gasteiger partial charge in [-0.1, -0.05) is 56.3 Å². The molecule has 0 bridgehead atoms. The zero-order chi connectivity index (χ0) is 22.1. The number of allylic oxidation sites excluding steroid dienone is 1. The molecule has 30 heavy (non-hydrogen) atoms. The molecule has 158 valence electrons. The van der Waals surface area contributed by atoms with Gasteiger partial charge in [-0.2, -0.15) is 8.78 Å². The Morgan fingerprint density at radius 3 is 2.47 bits per heavy atom. The number of esters is 1. The first-order valence-corrected chi connectivity index (χ1v) is 9.59. The summed E-state index contributed by atoms with van der Waals surface area (Å²) in [5.41, 5.74) is -0.318. The van der Waals surface area contributed by atoms with E-state index in [9.17, 15) is 18.0 Å². The van der Waals surface area contributed by atoms with Gasteiger partial charge in [0.05, 0.1) is 11.0 Å². The summed E-state index contributed by atoms with van der Waals surface area (Å²) in [4.78, 5) is 12.6. The Morgan fingerprint density at radius 1 is 1.20 bits per heavy atom. The molecule has 0 amide bonds. The fraction of sp³-hybridized carbons (Fsp3) is 0.261. The summed E-state index contributed by atoms with van der Waals surface area (Å²) in [6.07, 6.45) is -2.17. The Morgan fingerprint density at radius 2 is 1.87 bits per heavy atom. The van der Waals surface area contributed by atoms with Crippen LogP contribution in [0.3, 0.4) is 0 Å². The van der Waals surface area contributed by atoms with E-state index in [4.69, 9.17) is 21.1 Å². The van der Waals surface area contributed by atoms with Crippen LogP contribution in [0, 0.1) is 23.1 Å². The number of hydrogen-bond donors (Lipinski definition) is 0. The molecule has 1 aliphatic carbocycles. The normalized spacial score (nSPS) is 20.1. The molecule has 3 unspecified atom stereocenters. The molecule has 3 atom stereocenters. The summed E-state index contributed by atoms with van der Waals surface area (Å²) in [5.74, 6) is -2.31. The Kier molecular flexibility index (Phi) is 6.27. The van der Waals surface area contributed by atoms with Crippen molar-refractivity contribution in [3.05, 3.63) is 83.7 Å². The number of hydrogen-bond acceptors (Lipinski definition) is 3. The molecule has 0 N–H and O–H groups in total. The van der Waals surface area contributed by atoms with E-state index in [-0.39, 0.29) is 10.8 Å². The van der Waals surface area contributed by atoms with Crippen LogP contribution < -0.4 is 4.74 Å². The van der Waals surface area contributed by atoms with E-state index in [1.54, 1.807) is 44.2 Å². The molecular weight excluding hydrogens is 417 g/mol. The monoisotopic (exact) mass is 436 g/mol. The van der Waals surface area contributed by atoms with Crippen molar-refractivity contribution in [3.63, 3.8) is 0 Å². The zero-order valence-electron chi connectivity index (χ0n) is 16.4. The molecule has 0 spiro atoms. The maximum atomic E-state index is 14.2. The van der Waals surface area contributed by atoms with Crippen LogP contribution in [0.15, 0.2) is 72.3 Å². The summed E-state index contributed by atoms with van der Waals surface area (Å²) in [7, 11) is 0. The van der Waals surface area contributed by atoms with Crippen molar-refractivity contribution in [2.45, 2.75) is 20.0 Å². The molecule has 1 saturated carbocycles. The third-order valence-electron chi connectivity index (χ3n) is 5.22.